The molecule has 9 heteroatoms. The van der Waals surface area contributed by atoms with Crippen LogP contribution in [0.4, 0.5) is 0 Å². The van der Waals surface area contributed by atoms with E-state index in [2.05, 4.69) is 33.4 Å². The molecule has 1 unspecified atom stereocenters. The molecule has 1 N–H and O–H groups in total. The fourth-order valence-corrected chi connectivity index (χ4v) is 3.72. The minimum absolute atomic E-state index is 0. The first-order chi connectivity index (χ1) is 13.1. The van der Waals surface area contributed by atoms with Gasteiger partial charge in [-0.05, 0) is 31.0 Å². The van der Waals surface area contributed by atoms with Crippen LogP contribution in [-0.2, 0) is 13.6 Å². The molecule has 0 aromatic carbocycles. The van der Waals surface area contributed by atoms with Crippen molar-refractivity contribution in [3.63, 3.8) is 0 Å². The number of halogens is 2. The van der Waals surface area contributed by atoms with Gasteiger partial charge in [0.15, 0.2) is 5.96 Å². The van der Waals surface area contributed by atoms with Crippen LogP contribution in [0, 0.1) is 0 Å². The Morgan fingerprint density at radius 1 is 1.32 bits per heavy atom. The van der Waals surface area contributed by atoms with Gasteiger partial charge in [-0.15, -0.1) is 24.0 Å². The summed E-state index contributed by atoms with van der Waals surface area (Å²) in [5.41, 5.74) is 3.11. The number of nitrogens with one attached hydrogen (secondary N) is 1. The quantitative estimate of drug-likeness (QED) is 0.330. The Balaban J connectivity index is 0.00000225. The average Bonchev–Trinajstić information content (AvgIpc) is 3.37. The van der Waals surface area contributed by atoms with Gasteiger partial charge in [0.25, 0.3) is 0 Å². The van der Waals surface area contributed by atoms with Crippen LogP contribution in [0.25, 0.3) is 5.65 Å². The molecule has 1 aliphatic heterocycles. The summed E-state index contributed by atoms with van der Waals surface area (Å²) in [6.07, 6.45) is 9.04. The smallest absolute Gasteiger partial charge is 0.194 e. The second-order valence-corrected chi connectivity index (χ2v) is 7.33. The molecule has 1 aliphatic rings. The first kappa shape index (κ1) is 20.9. The molecule has 7 nitrogen and oxygen atoms in total. The largest absolute Gasteiger partial charge is 0.357 e. The van der Waals surface area contributed by atoms with E-state index in [9.17, 15) is 0 Å². The van der Waals surface area contributed by atoms with Gasteiger partial charge in [0.2, 0.25) is 0 Å². The third-order valence-corrected chi connectivity index (χ3v) is 5.10. The molecule has 0 amide bonds. The molecular weight excluding hydrogens is 489 g/mol. The standard InChI is InChI=1S/C19H24ClN7.HI/c1-3-21-19(26-7-6-14(11-26)15-8-23-25(2)10-15)22-9-17-13-27-12-16(20)4-5-18(27)24-17;/h4-5,8,10,12-14H,3,6-7,9,11H2,1-2H3,(H,21,22);1H. The van der Waals surface area contributed by atoms with E-state index < -0.39 is 0 Å². The molecule has 3 aromatic rings. The Morgan fingerprint density at radius 3 is 2.93 bits per heavy atom. The van der Waals surface area contributed by atoms with E-state index in [-0.39, 0.29) is 24.0 Å². The van der Waals surface area contributed by atoms with Crippen molar-refractivity contribution in [2.45, 2.75) is 25.8 Å². The highest BCUT2D eigenvalue weighted by atomic mass is 127. The molecule has 0 saturated carbocycles. The third-order valence-electron chi connectivity index (χ3n) is 4.87. The van der Waals surface area contributed by atoms with E-state index in [4.69, 9.17) is 16.6 Å². The Hall–Kier alpha value is -1.81. The number of hydrogen-bond donors (Lipinski definition) is 1. The van der Waals surface area contributed by atoms with Crippen LogP contribution in [0.15, 0.2) is 41.9 Å². The fraction of sp³-hybridized carbons (Fsp3) is 0.421. The summed E-state index contributed by atoms with van der Waals surface area (Å²) in [6, 6.07) is 3.77. The minimum Gasteiger partial charge on any atom is -0.357 e. The molecule has 28 heavy (non-hydrogen) atoms. The number of aryl methyl sites for hydroxylation is 1. The Labute approximate surface area is 186 Å². The minimum atomic E-state index is 0. The molecule has 4 rings (SSSR count). The summed E-state index contributed by atoms with van der Waals surface area (Å²) in [5.74, 6) is 1.44. The van der Waals surface area contributed by atoms with E-state index >= 15 is 0 Å². The highest BCUT2D eigenvalue weighted by Gasteiger charge is 2.26. The first-order valence-corrected chi connectivity index (χ1v) is 9.65. The predicted octanol–water partition coefficient (Wildman–Crippen LogP) is 3.29. The summed E-state index contributed by atoms with van der Waals surface area (Å²) in [4.78, 5) is 11.8. The summed E-state index contributed by atoms with van der Waals surface area (Å²) in [6.45, 7) is 5.42. The second kappa shape index (κ2) is 9.13. The zero-order valence-corrected chi connectivity index (χ0v) is 19.1. The molecule has 0 aliphatic carbocycles. The van der Waals surface area contributed by atoms with Gasteiger partial charge in [0.1, 0.15) is 5.65 Å². The van der Waals surface area contributed by atoms with Crippen molar-refractivity contribution in [3.05, 3.63) is 53.2 Å². The van der Waals surface area contributed by atoms with Crippen molar-refractivity contribution in [2.75, 3.05) is 19.6 Å². The van der Waals surface area contributed by atoms with E-state index in [1.807, 2.05) is 46.9 Å². The number of fused-ring (bicyclic) bond motifs is 1. The Morgan fingerprint density at radius 2 is 2.18 bits per heavy atom. The number of guanidine groups is 1. The van der Waals surface area contributed by atoms with Gasteiger partial charge < -0.3 is 14.6 Å². The van der Waals surface area contributed by atoms with Gasteiger partial charge in [0, 0.05) is 51.2 Å². The maximum atomic E-state index is 6.05. The Kier molecular flexibility index (Phi) is 6.82. The second-order valence-electron chi connectivity index (χ2n) is 6.89. The number of imidazole rings is 1. The molecule has 0 spiro atoms. The van der Waals surface area contributed by atoms with Crippen LogP contribution in [0.1, 0.15) is 30.5 Å². The molecule has 1 atom stereocenters. The molecule has 4 heterocycles. The zero-order chi connectivity index (χ0) is 18.8. The third kappa shape index (κ3) is 4.60. The normalized spacial score (nSPS) is 17.2. The first-order valence-electron chi connectivity index (χ1n) is 9.27. The van der Waals surface area contributed by atoms with Crippen LogP contribution in [0.3, 0.4) is 0 Å². The van der Waals surface area contributed by atoms with E-state index in [1.54, 1.807) is 0 Å². The van der Waals surface area contributed by atoms with Gasteiger partial charge in [-0.1, -0.05) is 11.6 Å². The lowest BCUT2D eigenvalue weighted by molar-refractivity contribution is 0.486. The number of aliphatic imine (C=N–C) groups is 1. The highest BCUT2D eigenvalue weighted by Crippen LogP contribution is 2.26. The lowest BCUT2D eigenvalue weighted by atomic mass is 10.0. The molecule has 0 bridgehead atoms. The number of pyridine rings is 1. The lowest BCUT2D eigenvalue weighted by Gasteiger charge is -2.21. The number of aromatic nitrogens is 4. The van der Waals surface area contributed by atoms with E-state index in [0.717, 1.165) is 43.4 Å². The van der Waals surface area contributed by atoms with Crippen molar-refractivity contribution in [3.8, 4) is 0 Å². The average molecular weight is 514 g/mol. The number of hydrogen-bond acceptors (Lipinski definition) is 3. The predicted molar refractivity (Wildman–Crippen MR) is 123 cm³/mol. The number of rotatable bonds is 4. The van der Waals surface area contributed by atoms with Gasteiger partial charge in [-0.3, -0.25) is 4.68 Å². The van der Waals surface area contributed by atoms with Crippen LogP contribution in [0.5, 0.6) is 0 Å². The van der Waals surface area contributed by atoms with Crippen molar-refractivity contribution >= 4 is 47.2 Å². The Bertz CT molecular complexity index is 964. The zero-order valence-electron chi connectivity index (χ0n) is 16.0. The topological polar surface area (TPSA) is 62.8 Å². The molecule has 3 aromatic heterocycles. The highest BCUT2D eigenvalue weighted by molar-refractivity contribution is 14.0. The molecular formula is C19H25ClIN7. The summed E-state index contributed by atoms with van der Waals surface area (Å²) in [5, 5.41) is 8.41. The van der Waals surface area contributed by atoms with Crippen LogP contribution in [0.2, 0.25) is 5.02 Å². The van der Waals surface area contributed by atoms with Gasteiger partial charge >= 0.3 is 0 Å². The van der Waals surface area contributed by atoms with Gasteiger partial charge in [0.05, 0.1) is 23.5 Å². The molecule has 1 saturated heterocycles. The molecule has 0 radical (unpaired) electrons. The van der Waals surface area contributed by atoms with Gasteiger partial charge in [-0.2, -0.15) is 5.10 Å². The monoisotopic (exact) mass is 513 g/mol. The van der Waals surface area contributed by atoms with Crippen LogP contribution < -0.4 is 5.32 Å². The van der Waals surface area contributed by atoms with Crippen molar-refractivity contribution < 1.29 is 0 Å². The van der Waals surface area contributed by atoms with Crippen molar-refractivity contribution in [2.24, 2.45) is 12.0 Å². The maximum absolute atomic E-state index is 6.05. The summed E-state index contributed by atoms with van der Waals surface area (Å²) in [7, 11) is 1.96. The number of nitrogens with zero attached hydrogens (tertiary/aromatic N) is 6. The SMILES string of the molecule is CCNC(=NCc1cn2cc(Cl)ccc2n1)N1CCC(c2cnn(C)c2)C1.I. The van der Waals surface area contributed by atoms with E-state index in [1.165, 1.54) is 5.56 Å². The molecule has 1 fully saturated rings. The fourth-order valence-electron chi connectivity index (χ4n) is 3.55. The van der Waals surface area contributed by atoms with Crippen molar-refractivity contribution in [1.82, 2.24) is 29.4 Å². The molecule has 150 valence electrons. The summed E-state index contributed by atoms with van der Waals surface area (Å²) >= 11 is 6.05. The maximum Gasteiger partial charge on any atom is 0.194 e. The van der Waals surface area contributed by atoms with Gasteiger partial charge in [-0.25, -0.2) is 9.98 Å². The van der Waals surface area contributed by atoms with Crippen molar-refractivity contribution in [1.29, 1.82) is 0 Å². The van der Waals surface area contributed by atoms with E-state index in [0.29, 0.717) is 17.5 Å². The van der Waals surface area contributed by atoms with Crippen LogP contribution >= 0.6 is 35.6 Å². The summed E-state index contributed by atoms with van der Waals surface area (Å²) < 4.78 is 3.81. The van der Waals surface area contributed by atoms with Crippen LogP contribution in [-0.4, -0.2) is 49.7 Å². The number of likely N-dealkylation sites (tertiary alicyclic amines) is 1. The lowest BCUT2D eigenvalue weighted by Crippen LogP contribution is -2.40.